The second-order valence-electron chi connectivity index (χ2n) is 3.58. The number of aryl methyl sites for hydroxylation is 1. The van der Waals surface area contributed by atoms with Gasteiger partial charge in [-0.15, -0.1) is 0 Å². The van der Waals surface area contributed by atoms with Gasteiger partial charge in [0.15, 0.2) is 0 Å². The summed E-state index contributed by atoms with van der Waals surface area (Å²) in [6.45, 7) is 3.85. The van der Waals surface area contributed by atoms with Crippen LogP contribution in [0.5, 0.6) is 0 Å². The number of pyridine rings is 1. The van der Waals surface area contributed by atoms with Gasteiger partial charge in [-0.1, -0.05) is 22.0 Å². The Morgan fingerprint density at radius 1 is 1.53 bits per heavy atom. The van der Waals surface area contributed by atoms with Gasteiger partial charge in [0.05, 0.1) is 6.61 Å². The Bertz CT molecular complexity index is 358. The van der Waals surface area contributed by atoms with Gasteiger partial charge in [-0.2, -0.15) is 0 Å². The molecule has 94 valence electrons. The lowest BCUT2D eigenvalue weighted by atomic mass is 10.2. The molecule has 0 saturated carbocycles. The fourth-order valence-electron chi connectivity index (χ4n) is 1.34. The van der Waals surface area contributed by atoms with E-state index in [0.29, 0.717) is 25.5 Å². The second kappa shape index (κ2) is 8.20. The van der Waals surface area contributed by atoms with E-state index in [-0.39, 0.29) is 5.91 Å². The average molecular weight is 301 g/mol. The van der Waals surface area contributed by atoms with Crippen molar-refractivity contribution in [1.29, 1.82) is 0 Å². The lowest BCUT2D eigenvalue weighted by molar-refractivity contribution is 0.0939. The highest BCUT2D eigenvalue weighted by Crippen LogP contribution is 2.02. The summed E-state index contributed by atoms with van der Waals surface area (Å²) in [6, 6.07) is 3.70. The van der Waals surface area contributed by atoms with Gasteiger partial charge >= 0.3 is 0 Å². The quantitative estimate of drug-likeness (QED) is 0.618. The molecule has 1 amide bonds. The first-order valence-electron chi connectivity index (χ1n) is 5.59. The third-order valence-electron chi connectivity index (χ3n) is 2.20. The maximum atomic E-state index is 11.7. The van der Waals surface area contributed by atoms with E-state index in [2.05, 4.69) is 26.2 Å². The average Bonchev–Trinajstić information content (AvgIpc) is 2.34. The van der Waals surface area contributed by atoms with Crippen LogP contribution in [0.15, 0.2) is 18.3 Å². The molecular weight excluding hydrogens is 284 g/mol. The first kappa shape index (κ1) is 14.1. The van der Waals surface area contributed by atoms with Crippen LogP contribution in [0.1, 0.15) is 22.5 Å². The fourth-order valence-corrected chi connectivity index (χ4v) is 1.57. The predicted molar refractivity (Wildman–Crippen MR) is 70.5 cm³/mol. The van der Waals surface area contributed by atoms with Crippen LogP contribution in [0.4, 0.5) is 0 Å². The molecule has 4 nitrogen and oxygen atoms in total. The van der Waals surface area contributed by atoms with Crippen LogP contribution in [0.2, 0.25) is 0 Å². The summed E-state index contributed by atoms with van der Waals surface area (Å²) in [4.78, 5) is 15.8. The topological polar surface area (TPSA) is 51.2 Å². The summed E-state index contributed by atoms with van der Waals surface area (Å²) in [5.41, 5.74) is 1.38. The van der Waals surface area contributed by atoms with E-state index in [1.165, 1.54) is 0 Å². The van der Waals surface area contributed by atoms with E-state index in [0.717, 1.165) is 17.3 Å². The van der Waals surface area contributed by atoms with Gasteiger partial charge in [0.25, 0.3) is 5.91 Å². The Balaban J connectivity index is 2.24. The maximum Gasteiger partial charge on any atom is 0.270 e. The second-order valence-corrected chi connectivity index (χ2v) is 4.37. The van der Waals surface area contributed by atoms with Crippen molar-refractivity contribution in [3.63, 3.8) is 0 Å². The lowest BCUT2D eigenvalue weighted by Crippen LogP contribution is -2.26. The monoisotopic (exact) mass is 300 g/mol. The molecule has 17 heavy (non-hydrogen) atoms. The number of amides is 1. The van der Waals surface area contributed by atoms with Crippen molar-refractivity contribution in [3.8, 4) is 0 Å². The molecule has 0 aliphatic heterocycles. The number of halogens is 1. The zero-order valence-corrected chi connectivity index (χ0v) is 11.5. The highest BCUT2D eigenvalue weighted by molar-refractivity contribution is 9.09. The summed E-state index contributed by atoms with van der Waals surface area (Å²) < 4.78 is 5.28. The smallest absolute Gasteiger partial charge is 0.270 e. The Labute approximate surface area is 110 Å². The molecule has 5 heteroatoms. The van der Waals surface area contributed by atoms with Crippen molar-refractivity contribution in [2.24, 2.45) is 0 Å². The lowest BCUT2D eigenvalue weighted by Gasteiger charge is -2.06. The third-order valence-corrected chi connectivity index (χ3v) is 2.52. The largest absolute Gasteiger partial charge is 0.381 e. The molecule has 0 unspecified atom stereocenters. The van der Waals surface area contributed by atoms with Gasteiger partial charge in [-0.3, -0.25) is 9.78 Å². The Morgan fingerprint density at radius 3 is 3.06 bits per heavy atom. The molecule has 0 aliphatic rings. The summed E-state index contributed by atoms with van der Waals surface area (Å²) in [5.74, 6) is -0.122. The van der Waals surface area contributed by atoms with E-state index in [4.69, 9.17) is 4.74 Å². The number of nitrogens with one attached hydrogen (secondary N) is 1. The van der Waals surface area contributed by atoms with Crippen molar-refractivity contribution < 1.29 is 9.53 Å². The highest BCUT2D eigenvalue weighted by atomic mass is 79.9. The van der Waals surface area contributed by atoms with Crippen LogP contribution < -0.4 is 5.32 Å². The number of alkyl halides is 1. The molecule has 0 atom stereocenters. The van der Waals surface area contributed by atoms with E-state index in [1.807, 2.05) is 19.1 Å². The zero-order chi connectivity index (χ0) is 12.5. The van der Waals surface area contributed by atoms with E-state index < -0.39 is 0 Å². The molecule has 1 aromatic rings. The van der Waals surface area contributed by atoms with Gasteiger partial charge < -0.3 is 10.1 Å². The van der Waals surface area contributed by atoms with Gasteiger partial charge in [0.2, 0.25) is 0 Å². The van der Waals surface area contributed by atoms with Crippen molar-refractivity contribution in [1.82, 2.24) is 10.3 Å². The Kier molecular flexibility index (Phi) is 6.81. The molecule has 0 saturated heterocycles. The van der Waals surface area contributed by atoms with E-state index in [1.54, 1.807) is 6.20 Å². The number of ether oxygens (including phenoxy) is 1. The number of aromatic nitrogens is 1. The number of rotatable bonds is 7. The normalized spacial score (nSPS) is 10.2. The number of carbonyl (C=O) groups is 1. The SMILES string of the molecule is Cc1cccnc1C(=O)NCCCOCCBr. The van der Waals surface area contributed by atoms with Crippen LogP contribution in [-0.2, 0) is 4.74 Å². The molecule has 0 spiro atoms. The van der Waals surface area contributed by atoms with E-state index in [9.17, 15) is 4.79 Å². The van der Waals surface area contributed by atoms with Gasteiger partial charge in [0.1, 0.15) is 5.69 Å². The molecule has 0 bridgehead atoms. The number of hydrogen-bond acceptors (Lipinski definition) is 3. The molecule has 1 heterocycles. The Morgan fingerprint density at radius 2 is 2.35 bits per heavy atom. The summed E-state index contributed by atoms with van der Waals surface area (Å²) in [7, 11) is 0. The van der Waals surface area contributed by atoms with Crippen molar-refractivity contribution in [2.75, 3.05) is 25.1 Å². The van der Waals surface area contributed by atoms with Gasteiger partial charge in [-0.05, 0) is 25.0 Å². The van der Waals surface area contributed by atoms with Crippen LogP contribution >= 0.6 is 15.9 Å². The standard InChI is InChI=1S/C12H17BrN2O2/c1-10-4-2-6-14-11(10)12(16)15-7-3-8-17-9-5-13/h2,4,6H,3,5,7-9H2,1H3,(H,15,16). The summed E-state index contributed by atoms with van der Waals surface area (Å²) >= 11 is 3.28. The van der Waals surface area contributed by atoms with Gasteiger partial charge in [-0.25, -0.2) is 0 Å². The number of nitrogens with zero attached hydrogens (tertiary/aromatic N) is 1. The first-order chi connectivity index (χ1) is 8.25. The van der Waals surface area contributed by atoms with Crippen molar-refractivity contribution in [2.45, 2.75) is 13.3 Å². The predicted octanol–water partition coefficient (Wildman–Crippen LogP) is 1.92. The van der Waals surface area contributed by atoms with Crippen LogP contribution in [-0.4, -0.2) is 36.0 Å². The Hall–Kier alpha value is -0.940. The minimum absolute atomic E-state index is 0.122. The van der Waals surface area contributed by atoms with Crippen LogP contribution in [0.25, 0.3) is 0 Å². The highest BCUT2D eigenvalue weighted by Gasteiger charge is 2.08. The molecular formula is C12H17BrN2O2. The van der Waals surface area contributed by atoms with Crippen LogP contribution in [0.3, 0.4) is 0 Å². The minimum Gasteiger partial charge on any atom is -0.381 e. The molecule has 0 aliphatic carbocycles. The number of hydrogen-bond donors (Lipinski definition) is 1. The van der Waals surface area contributed by atoms with Crippen molar-refractivity contribution in [3.05, 3.63) is 29.6 Å². The number of carbonyl (C=O) groups excluding carboxylic acids is 1. The zero-order valence-electron chi connectivity index (χ0n) is 9.91. The molecule has 1 N–H and O–H groups in total. The summed E-state index contributed by atoms with van der Waals surface area (Å²) in [6.07, 6.45) is 2.44. The van der Waals surface area contributed by atoms with Crippen molar-refractivity contribution >= 4 is 21.8 Å². The molecule has 1 rings (SSSR count). The molecule has 1 aromatic heterocycles. The van der Waals surface area contributed by atoms with Gasteiger partial charge in [0, 0.05) is 24.7 Å². The maximum absolute atomic E-state index is 11.7. The van der Waals surface area contributed by atoms with E-state index >= 15 is 0 Å². The molecule has 0 radical (unpaired) electrons. The fraction of sp³-hybridized carbons (Fsp3) is 0.500. The molecule has 0 fully saturated rings. The van der Waals surface area contributed by atoms with Crippen LogP contribution in [0, 0.1) is 6.92 Å². The first-order valence-corrected chi connectivity index (χ1v) is 6.71. The minimum atomic E-state index is -0.122. The molecule has 0 aromatic carbocycles. The summed E-state index contributed by atoms with van der Waals surface area (Å²) in [5, 5.41) is 3.66. The third kappa shape index (κ3) is 5.28.